The predicted octanol–water partition coefficient (Wildman–Crippen LogP) is 2.80. The van der Waals surface area contributed by atoms with Gasteiger partial charge < -0.3 is 14.4 Å². The molecule has 3 aliphatic rings. The van der Waals surface area contributed by atoms with Gasteiger partial charge in [-0.2, -0.15) is 0 Å². The number of aromatic nitrogens is 1. The van der Waals surface area contributed by atoms with Crippen LogP contribution in [0.25, 0.3) is 0 Å². The maximum atomic E-state index is 12.9. The zero-order chi connectivity index (χ0) is 16.4. The molecule has 0 aromatic carbocycles. The van der Waals surface area contributed by atoms with Crippen molar-refractivity contribution in [1.29, 1.82) is 0 Å². The van der Waals surface area contributed by atoms with E-state index >= 15 is 0 Å². The molecule has 2 saturated heterocycles. The third kappa shape index (κ3) is 3.27. The van der Waals surface area contributed by atoms with Crippen molar-refractivity contribution in [1.82, 2.24) is 9.88 Å². The summed E-state index contributed by atoms with van der Waals surface area (Å²) in [6, 6.07) is 3.95. The summed E-state index contributed by atoms with van der Waals surface area (Å²) < 4.78 is 12.1. The Bertz CT molecular complexity index is 559. The third-order valence-corrected chi connectivity index (χ3v) is 5.66. The molecule has 3 fully saturated rings. The Kier molecular flexibility index (Phi) is 4.69. The van der Waals surface area contributed by atoms with E-state index in [0.717, 1.165) is 25.2 Å². The summed E-state index contributed by atoms with van der Waals surface area (Å²) in [5.74, 6) is 1.62. The van der Waals surface area contributed by atoms with Crippen molar-refractivity contribution in [3.63, 3.8) is 0 Å². The monoisotopic (exact) mass is 330 g/mol. The van der Waals surface area contributed by atoms with Crippen LogP contribution < -0.4 is 4.74 Å². The lowest BCUT2D eigenvalue weighted by Gasteiger charge is -2.32. The molecule has 0 unspecified atom stereocenters. The van der Waals surface area contributed by atoms with Gasteiger partial charge >= 0.3 is 0 Å². The highest BCUT2D eigenvalue weighted by Gasteiger charge is 2.47. The molecule has 130 valence electrons. The highest BCUT2D eigenvalue weighted by molar-refractivity contribution is 5.77. The molecule has 0 radical (unpaired) electrons. The quantitative estimate of drug-likeness (QED) is 0.852. The largest absolute Gasteiger partial charge is 0.484 e. The van der Waals surface area contributed by atoms with Crippen LogP contribution in [-0.4, -0.2) is 47.2 Å². The lowest BCUT2D eigenvalue weighted by molar-refractivity contribution is -0.135. The maximum Gasteiger partial charge on any atom is 0.223 e. The van der Waals surface area contributed by atoms with Crippen molar-refractivity contribution in [2.45, 2.75) is 63.2 Å². The molecular formula is C19H26N2O3. The minimum Gasteiger partial charge on any atom is -0.484 e. The molecule has 24 heavy (non-hydrogen) atoms. The number of carbonyl (C=O) groups is 1. The molecule has 1 aliphatic carbocycles. The molecular weight excluding hydrogens is 304 g/mol. The molecule has 5 nitrogen and oxygen atoms in total. The number of amides is 1. The summed E-state index contributed by atoms with van der Waals surface area (Å²) >= 11 is 0. The van der Waals surface area contributed by atoms with Gasteiger partial charge in [0.05, 0.1) is 18.8 Å². The number of ether oxygens (including phenoxy) is 2. The van der Waals surface area contributed by atoms with Crippen LogP contribution in [0.3, 0.4) is 0 Å². The van der Waals surface area contributed by atoms with Gasteiger partial charge in [0.1, 0.15) is 18.0 Å². The lowest BCUT2D eigenvalue weighted by Crippen LogP contribution is -2.44. The van der Waals surface area contributed by atoms with E-state index in [9.17, 15) is 4.79 Å². The molecule has 1 aromatic rings. The van der Waals surface area contributed by atoms with Crippen LogP contribution in [0.1, 0.15) is 44.9 Å². The molecule has 3 heterocycles. The van der Waals surface area contributed by atoms with E-state index in [1.807, 2.05) is 17.0 Å². The second kappa shape index (κ2) is 7.09. The fourth-order valence-electron chi connectivity index (χ4n) is 4.47. The SMILES string of the molecule is O=C(CC1CCCC1)N1C[C@@H](Oc2cccnc2)[C@H]2OCCC[C@H]21. The van der Waals surface area contributed by atoms with Crippen LogP contribution in [0.2, 0.25) is 0 Å². The van der Waals surface area contributed by atoms with Gasteiger partial charge in [-0.3, -0.25) is 9.78 Å². The number of hydrogen-bond acceptors (Lipinski definition) is 4. The summed E-state index contributed by atoms with van der Waals surface area (Å²) in [4.78, 5) is 19.0. The molecule has 2 aliphatic heterocycles. The van der Waals surface area contributed by atoms with E-state index in [-0.39, 0.29) is 18.2 Å². The first-order valence-corrected chi connectivity index (χ1v) is 9.29. The Labute approximate surface area is 143 Å². The Morgan fingerprint density at radius 2 is 2.17 bits per heavy atom. The van der Waals surface area contributed by atoms with Crippen molar-refractivity contribution in [3.8, 4) is 5.75 Å². The molecule has 1 saturated carbocycles. The van der Waals surface area contributed by atoms with E-state index in [0.29, 0.717) is 24.8 Å². The summed E-state index contributed by atoms with van der Waals surface area (Å²) in [6.45, 7) is 1.40. The molecule has 5 heteroatoms. The molecule has 0 bridgehead atoms. The van der Waals surface area contributed by atoms with Crippen LogP contribution in [-0.2, 0) is 9.53 Å². The van der Waals surface area contributed by atoms with Gasteiger partial charge in [-0.15, -0.1) is 0 Å². The van der Waals surface area contributed by atoms with Gasteiger partial charge in [0.15, 0.2) is 0 Å². The van der Waals surface area contributed by atoms with Crippen LogP contribution in [0.4, 0.5) is 0 Å². The van der Waals surface area contributed by atoms with Gasteiger partial charge in [-0.05, 0) is 43.7 Å². The van der Waals surface area contributed by atoms with E-state index in [1.165, 1.54) is 25.7 Å². The van der Waals surface area contributed by atoms with E-state index < -0.39 is 0 Å². The van der Waals surface area contributed by atoms with E-state index in [1.54, 1.807) is 12.4 Å². The van der Waals surface area contributed by atoms with Crippen molar-refractivity contribution in [2.75, 3.05) is 13.2 Å². The van der Waals surface area contributed by atoms with Crippen LogP contribution in [0, 0.1) is 5.92 Å². The predicted molar refractivity (Wildman–Crippen MR) is 89.7 cm³/mol. The first-order valence-electron chi connectivity index (χ1n) is 9.29. The van der Waals surface area contributed by atoms with Crippen molar-refractivity contribution in [2.24, 2.45) is 5.92 Å². The van der Waals surface area contributed by atoms with Gasteiger partial charge in [-0.1, -0.05) is 12.8 Å². The molecule has 4 rings (SSSR count). The highest BCUT2D eigenvalue weighted by atomic mass is 16.5. The first kappa shape index (κ1) is 15.9. The maximum absolute atomic E-state index is 12.9. The minimum atomic E-state index is -0.0907. The topological polar surface area (TPSA) is 51.7 Å². The highest BCUT2D eigenvalue weighted by Crippen LogP contribution is 2.34. The smallest absolute Gasteiger partial charge is 0.223 e. The fraction of sp³-hybridized carbons (Fsp3) is 0.684. The molecule has 0 spiro atoms. The van der Waals surface area contributed by atoms with Crippen LogP contribution in [0.15, 0.2) is 24.5 Å². The van der Waals surface area contributed by atoms with Crippen molar-refractivity contribution >= 4 is 5.91 Å². The van der Waals surface area contributed by atoms with Gasteiger partial charge in [0.2, 0.25) is 5.91 Å². The number of rotatable bonds is 4. The number of likely N-dealkylation sites (tertiary alicyclic amines) is 1. The average Bonchev–Trinajstić information content (AvgIpc) is 3.24. The van der Waals surface area contributed by atoms with Crippen molar-refractivity contribution in [3.05, 3.63) is 24.5 Å². The number of hydrogen-bond donors (Lipinski definition) is 0. The fourth-order valence-corrected chi connectivity index (χ4v) is 4.47. The van der Waals surface area contributed by atoms with E-state index in [4.69, 9.17) is 9.47 Å². The van der Waals surface area contributed by atoms with Gasteiger partial charge in [0, 0.05) is 19.2 Å². The number of nitrogens with zero attached hydrogens (tertiary/aromatic N) is 2. The number of carbonyl (C=O) groups excluding carboxylic acids is 1. The molecule has 0 N–H and O–H groups in total. The average molecular weight is 330 g/mol. The molecule has 1 aromatic heterocycles. The normalized spacial score (nSPS) is 30.3. The summed E-state index contributed by atoms with van der Waals surface area (Å²) in [5, 5.41) is 0. The van der Waals surface area contributed by atoms with Crippen LogP contribution in [0.5, 0.6) is 5.75 Å². The molecule has 1 amide bonds. The third-order valence-electron chi connectivity index (χ3n) is 5.66. The van der Waals surface area contributed by atoms with E-state index in [2.05, 4.69) is 4.98 Å². The number of fused-ring (bicyclic) bond motifs is 1. The lowest BCUT2D eigenvalue weighted by atomic mass is 10.0. The Morgan fingerprint density at radius 1 is 1.29 bits per heavy atom. The Morgan fingerprint density at radius 3 is 2.96 bits per heavy atom. The van der Waals surface area contributed by atoms with Crippen molar-refractivity contribution < 1.29 is 14.3 Å². The number of pyridine rings is 1. The summed E-state index contributed by atoms with van der Waals surface area (Å²) in [7, 11) is 0. The summed E-state index contributed by atoms with van der Waals surface area (Å²) in [5.41, 5.74) is 0. The Balaban J connectivity index is 1.45. The Hall–Kier alpha value is -1.62. The van der Waals surface area contributed by atoms with Gasteiger partial charge in [0.25, 0.3) is 0 Å². The standard InChI is InChI=1S/C19H26N2O3/c22-18(11-14-5-1-2-6-14)21-13-17(19-16(21)8-4-10-23-19)24-15-7-3-9-20-12-15/h3,7,9,12,14,16-17,19H,1-2,4-6,8,10-11,13H2/t16-,17-,19+/m1/s1. The second-order valence-corrected chi connectivity index (χ2v) is 7.29. The second-order valence-electron chi connectivity index (χ2n) is 7.29. The van der Waals surface area contributed by atoms with Crippen LogP contribution >= 0.6 is 0 Å². The molecule has 3 atom stereocenters. The first-order chi connectivity index (χ1) is 11.8. The zero-order valence-corrected chi connectivity index (χ0v) is 14.1. The van der Waals surface area contributed by atoms with Gasteiger partial charge in [-0.25, -0.2) is 0 Å². The minimum absolute atomic E-state index is 0.00789. The summed E-state index contributed by atoms with van der Waals surface area (Å²) in [6.07, 6.45) is 11.1. The zero-order valence-electron chi connectivity index (χ0n) is 14.1.